The van der Waals surface area contributed by atoms with E-state index in [-0.39, 0.29) is 24.4 Å². The molecule has 3 N–H and O–H groups in total. The Morgan fingerprint density at radius 2 is 1.76 bits per heavy atom. The Bertz CT molecular complexity index is 1180. The average Bonchev–Trinajstić information content (AvgIpc) is 3.21. The average molecular weight is 470 g/mol. The van der Waals surface area contributed by atoms with E-state index in [0.29, 0.717) is 24.6 Å². The number of H-pyrrole nitrogens is 1. The van der Waals surface area contributed by atoms with Gasteiger partial charge in [0.25, 0.3) is 0 Å². The van der Waals surface area contributed by atoms with E-state index >= 15 is 0 Å². The Balaban J connectivity index is 1.32. The van der Waals surface area contributed by atoms with Crippen molar-refractivity contribution in [3.8, 4) is 0 Å². The van der Waals surface area contributed by atoms with Crippen molar-refractivity contribution in [2.75, 3.05) is 13.1 Å². The Morgan fingerprint density at radius 1 is 1.09 bits per heavy atom. The number of rotatable bonds is 7. The van der Waals surface area contributed by atoms with Crippen molar-refractivity contribution in [1.29, 1.82) is 0 Å². The van der Waals surface area contributed by atoms with Gasteiger partial charge in [0.15, 0.2) is 0 Å². The number of imidazole rings is 1. The van der Waals surface area contributed by atoms with Crippen LogP contribution in [0, 0.1) is 0 Å². The van der Waals surface area contributed by atoms with Crippen molar-refractivity contribution in [1.82, 2.24) is 24.9 Å². The first kappa shape index (κ1) is 23.3. The number of urea groups is 1. The highest BCUT2D eigenvalue weighted by molar-refractivity contribution is 7.88. The Hall–Kier alpha value is -2.91. The number of hydrogen-bond acceptors (Lipinski definition) is 4. The van der Waals surface area contributed by atoms with Gasteiger partial charge < -0.3 is 15.2 Å². The van der Waals surface area contributed by atoms with Crippen LogP contribution in [0.25, 0.3) is 11.0 Å². The summed E-state index contributed by atoms with van der Waals surface area (Å²) < 4.78 is 27.3. The van der Waals surface area contributed by atoms with Gasteiger partial charge in [0.2, 0.25) is 10.0 Å². The fourth-order valence-corrected chi connectivity index (χ4v) is 5.77. The fourth-order valence-electron chi connectivity index (χ4n) is 4.28. The monoisotopic (exact) mass is 469 g/mol. The molecule has 8 nitrogen and oxygen atoms in total. The Morgan fingerprint density at radius 3 is 2.45 bits per heavy atom. The number of amides is 2. The van der Waals surface area contributed by atoms with Gasteiger partial charge in [-0.1, -0.05) is 36.4 Å². The van der Waals surface area contributed by atoms with Crippen molar-refractivity contribution < 1.29 is 13.2 Å². The molecule has 1 aromatic heterocycles. The van der Waals surface area contributed by atoms with Gasteiger partial charge in [0.05, 0.1) is 16.8 Å². The number of carbonyl (C=O) groups excluding carboxylic acids is 1. The van der Waals surface area contributed by atoms with Crippen LogP contribution in [0.2, 0.25) is 0 Å². The second kappa shape index (κ2) is 9.93. The first-order valence-corrected chi connectivity index (χ1v) is 13.0. The quantitative estimate of drug-likeness (QED) is 0.492. The number of aromatic nitrogens is 2. The lowest BCUT2D eigenvalue weighted by Crippen LogP contribution is -2.44. The molecule has 33 heavy (non-hydrogen) atoms. The molecule has 9 heteroatoms. The molecule has 2 aromatic carbocycles. The molecule has 0 aliphatic carbocycles. The molecule has 0 bridgehead atoms. The highest BCUT2D eigenvalue weighted by Crippen LogP contribution is 2.27. The van der Waals surface area contributed by atoms with E-state index in [2.05, 4.69) is 15.0 Å². The molecule has 1 saturated heterocycles. The van der Waals surface area contributed by atoms with Crippen LogP contribution in [-0.2, 0) is 22.3 Å². The molecular weight excluding hydrogens is 438 g/mol. The predicted octanol–water partition coefficient (Wildman–Crippen LogP) is 3.48. The molecule has 0 atom stereocenters. The van der Waals surface area contributed by atoms with Crippen molar-refractivity contribution in [2.24, 2.45) is 0 Å². The van der Waals surface area contributed by atoms with Gasteiger partial charge >= 0.3 is 6.03 Å². The van der Waals surface area contributed by atoms with E-state index in [0.717, 1.165) is 35.3 Å². The normalized spacial score (nSPS) is 15.3. The van der Waals surface area contributed by atoms with Crippen LogP contribution in [0.15, 0.2) is 48.5 Å². The Labute approximate surface area is 194 Å². The van der Waals surface area contributed by atoms with Gasteiger partial charge in [-0.15, -0.1) is 0 Å². The molecule has 1 aliphatic rings. The molecule has 176 valence electrons. The summed E-state index contributed by atoms with van der Waals surface area (Å²) in [5.41, 5.74) is 3.50. The number of likely N-dealkylation sites (tertiary alicyclic amines) is 1. The first-order valence-electron chi connectivity index (χ1n) is 11.3. The molecule has 0 spiro atoms. The minimum absolute atomic E-state index is 0.111. The van der Waals surface area contributed by atoms with E-state index in [1.54, 1.807) is 19.9 Å². The zero-order chi connectivity index (χ0) is 23.4. The molecule has 1 aliphatic heterocycles. The summed E-state index contributed by atoms with van der Waals surface area (Å²) in [7, 11) is -3.44. The molecule has 3 aromatic rings. The van der Waals surface area contributed by atoms with Crippen LogP contribution in [0.1, 0.15) is 49.6 Å². The zero-order valence-electron chi connectivity index (χ0n) is 19.0. The fraction of sp³-hybridized carbons (Fsp3) is 0.417. The van der Waals surface area contributed by atoms with Crippen molar-refractivity contribution in [3.05, 3.63) is 65.5 Å². The van der Waals surface area contributed by atoms with Gasteiger partial charge in [-0.3, -0.25) is 0 Å². The molecular formula is C24H31N5O3S. The number of hydrogen-bond donors (Lipinski definition) is 3. The third-order valence-electron chi connectivity index (χ3n) is 5.89. The minimum Gasteiger partial charge on any atom is -0.342 e. The highest BCUT2D eigenvalue weighted by atomic mass is 32.2. The lowest BCUT2D eigenvalue weighted by Gasteiger charge is -2.31. The number of carbonyl (C=O) groups is 1. The molecule has 2 heterocycles. The second-order valence-corrected chi connectivity index (χ2v) is 10.6. The highest BCUT2D eigenvalue weighted by Gasteiger charge is 2.26. The summed E-state index contributed by atoms with van der Waals surface area (Å²) in [6.45, 7) is 5.18. The Kier molecular flexibility index (Phi) is 6.99. The second-order valence-electron chi connectivity index (χ2n) is 8.86. The van der Waals surface area contributed by atoms with Crippen LogP contribution in [0.3, 0.4) is 0 Å². The number of aromatic amines is 1. The van der Waals surface area contributed by atoms with Crippen molar-refractivity contribution >= 4 is 27.1 Å². The summed E-state index contributed by atoms with van der Waals surface area (Å²) >= 11 is 0. The van der Waals surface area contributed by atoms with E-state index in [9.17, 15) is 13.2 Å². The largest absolute Gasteiger partial charge is 0.342 e. The molecule has 0 saturated carbocycles. The molecule has 2 amide bonds. The van der Waals surface area contributed by atoms with Gasteiger partial charge in [0.1, 0.15) is 5.82 Å². The van der Waals surface area contributed by atoms with Gasteiger partial charge in [0, 0.05) is 31.6 Å². The van der Waals surface area contributed by atoms with E-state index in [1.165, 1.54) is 0 Å². The number of piperidine rings is 1. The van der Waals surface area contributed by atoms with E-state index in [4.69, 9.17) is 4.98 Å². The van der Waals surface area contributed by atoms with Crippen LogP contribution in [-0.4, -0.2) is 48.4 Å². The summed E-state index contributed by atoms with van der Waals surface area (Å²) in [5, 5.41) is 2.96. The smallest absolute Gasteiger partial charge is 0.317 e. The van der Waals surface area contributed by atoms with E-state index < -0.39 is 10.0 Å². The molecule has 0 radical (unpaired) electrons. The summed E-state index contributed by atoms with van der Waals surface area (Å²) in [5.74, 6) is 1.18. The number of fused-ring (bicyclic) bond motifs is 1. The van der Waals surface area contributed by atoms with Crippen LogP contribution >= 0.6 is 0 Å². The number of benzene rings is 2. The molecule has 0 unspecified atom stereocenters. The number of nitrogens with zero attached hydrogens (tertiary/aromatic N) is 2. The number of sulfonamides is 1. The van der Waals surface area contributed by atoms with Gasteiger partial charge in [-0.25, -0.2) is 22.9 Å². The molecule has 1 fully saturated rings. The third-order valence-corrected chi connectivity index (χ3v) is 7.41. The zero-order valence-corrected chi connectivity index (χ0v) is 19.9. The predicted molar refractivity (Wildman–Crippen MR) is 129 cm³/mol. The van der Waals surface area contributed by atoms with Crippen molar-refractivity contribution in [3.63, 3.8) is 0 Å². The van der Waals surface area contributed by atoms with Crippen LogP contribution < -0.4 is 10.0 Å². The lowest BCUT2D eigenvalue weighted by atomic mass is 9.96. The van der Waals surface area contributed by atoms with Crippen molar-refractivity contribution in [2.45, 2.75) is 50.9 Å². The number of para-hydroxylation sites is 2. The standard InChI is InChI=1S/C24H31N5O3S/c1-17(2)28-33(31,32)16-20-8-4-3-7-19(20)15-25-24(30)29-13-11-18(12-14-29)23-26-21-9-5-6-10-22(21)27-23/h3-10,17-18,28H,11-16H2,1-2H3,(H,25,30)(H,26,27). The van der Waals surface area contributed by atoms with Gasteiger partial charge in [-0.05, 0) is 49.9 Å². The maximum absolute atomic E-state index is 12.8. The molecule has 4 rings (SSSR count). The third kappa shape index (κ3) is 5.91. The van der Waals surface area contributed by atoms with Gasteiger partial charge in [-0.2, -0.15) is 0 Å². The summed E-state index contributed by atoms with van der Waals surface area (Å²) in [4.78, 5) is 22.7. The summed E-state index contributed by atoms with van der Waals surface area (Å²) in [6, 6.07) is 15.0. The topological polar surface area (TPSA) is 107 Å². The lowest BCUT2D eigenvalue weighted by molar-refractivity contribution is 0.180. The summed E-state index contributed by atoms with van der Waals surface area (Å²) in [6.07, 6.45) is 1.70. The first-order chi connectivity index (χ1) is 15.8. The number of nitrogens with one attached hydrogen (secondary N) is 3. The van der Waals surface area contributed by atoms with E-state index in [1.807, 2.05) is 47.4 Å². The van der Waals surface area contributed by atoms with Crippen LogP contribution in [0.4, 0.5) is 4.79 Å². The van der Waals surface area contributed by atoms with Crippen LogP contribution in [0.5, 0.6) is 0 Å². The SMILES string of the molecule is CC(C)NS(=O)(=O)Cc1ccccc1CNC(=O)N1CCC(c2nc3ccccc3[nH]2)CC1. The minimum atomic E-state index is -3.44. The maximum Gasteiger partial charge on any atom is 0.317 e. The maximum atomic E-state index is 12.8.